The van der Waals surface area contributed by atoms with Crippen LogP contribution in [-0.2, 0) is 4.74 Å². The van der Waals surface area contributed by atoms with Crippen LogP contribution in [0.4, 0.5) is 11.4 Å². The number of ether oxygens (including phenoxy) is 1. The molecule has 1 aromatic carbocycles. The molecule has 0 aromatic heterocycles. The Morgan fingerprint density at radius 1 is 1.38 bits per heavy atom. The van der Waals surface area contributed by atoms with Crippen molar-refractivity contribution in [2.75, 3.05) is 30.9 Å². The fourth-order valence-electron chi connectivity index (χ4n) is 1.91. The number of anilines is 2. The second-order valence-corrected chi connectivity index (χ2v) is 3.98. The van der Waals surface area contributed by atoms with Crippen LogP contribution in [0.3, 0.4) is 0 Å². The van der Waals surface area contributed by atoms with Gasteiger partial charge >= 0.3 is 0 Å². The van der Waals surface area contributed by atoms with E-state index in [-0.39, 0.29) is 0 Å². The summed E-state index contributed by atoms with van der Waals surface area (Å²) in [5.74, 6) is 0. The van der Waals surface area contributed by atoms with Gasteiger partial charge in [-0.2, -0.15) is 0 Å². The van der Waals surface area contributed by atoms with Crippen molar-refractivity contribution in [1.29, 1.82) is 0 Å². The van der Waals surface area contributed by atoms with Gasteiger partial charge in [0.05, 0.1) is 11.4 Å². The molecule has 0 saturated carbocycles. The van der Waals surface area contributed by atoms with Crippen LogP contribution in [0.25, 0.3) is 0 Å². The molecule has 0 aliphatic rings. The summed E-state index contributed by atoms with van der Waals surface area (Å²) in [6, 6.07) is 8.45. The van der Waals surface area contributed by atoms with E-state index in [9.17, 15) is 0 Å². The average Bonchev–Trinajstić information content (AvgIpc) is 2.30. The van der Waals surface area contributed by atoms with Crippen molar-refractivity contribution in [3.8, 4) is 0 Å². The summed E-state index contributed by atoms with van der Waals surface area (Å²) >= 11 is 0. The zero-order chi connectivity index (χ0) is 12.0. The van der Waals surface area contributed by atoms with Gasteiger partial charge in [0.2, 0.25) is 0 Å². The van der Waals surface area contributed by atoms with E-state index in [1.54, 1.807) is 7.11 Å². The quantitative estimate of drug-likeness (QED) is 0.752. The lowest BCUT2D eigenvalue weighted by Gasteiger charge is -2.31. The maximum absolute atomic E-state index is 5.99. The van der Waals surface area contributed by atoms with Gasteiger partial charge in [-0.15, -0.1) is 0 Å². The monoisotopic (exact) mass is 222 g/mol. The third-order valence-electron chi connectivity index (χ3n) is 2.86. The first kappa shape index (κ1) is 12.8. The third kappa shape index (κ3) is 3.14. The topological polar surface area (TPSA) is 38.5 Å². The number of hydrogen-bond acceptors (Lipinski definition) is 3. The Labute approximate surface area is 98.2 Å². The average molecular weight is 222 g/mol. The van der Waals surface area contributed by atoms with E-state index >= 15 is 0 Å². The number of nitrogen functional groups attached to an aromatic ring is 1. The van der Waals surface area contributed by atoms with Crippen LogP contribution < -0.4 is 10.6 Å². The summed E-state index contributed by atoms with van der Waals surface area (Å²) in [5, 5.41) is 0. The lowest BCUT2D eigenvalue weighted by atomic mass is 10.1. The summed E-state index contributed by atoms with van der Waals surface area (Å²) in [6.45, 7) is 6.09. The molecular weight excluding hydrogens is 200 g/mol. The van der Waals surface area contributed by atoms with Crippen LogP contribution in [0.5, 0.6) is 0 Å². The standard InChI is InChI=1S/C13H22N2O/c1-4-15(11(2)9-10-16-3)13-8-6-5-7-12(13)14/h5-8,11H,4,9-10,14H2,1-3H3. The first-order valence-electron chi connectivity index (χ1n) is 5.80. The van der Waals surface area contributed by atoms with Gasteiger partial charge in [0, 0.05) is 26.3 Å². The molecule has 0 aliphatic carbocycles. The van der Waals surface area contributed by atoms with Gasteiger partial charge in [0.15, 0.2) is 0 Å². The Bertz CT molecular complexity index is 315. The fourth-order valence-corrected chi connectivity index (χ4v) is 1.91. The lowest BCUT2D eigenvalue weighted by Crippen LogP contribution is -2.34. The summed E-state index contributed by atoms with van der Waals surface area (Å²) in [7, 11) is 1.74. The largest absolute Gasteiger partial charge is 0.397 e. The minimum absolute atomic E-state index is 0.439. The Balaban J connectivity index is 2.77. The van der Waals surface area contributed by atoms with Crippen molar-refractivity contribution in [3.63, 3.8) is 0 Å². The van der Waals surface area contributed by atoms with Crippen molar-refractivity contribution < 1.29 is 4.74 Å². The first-order valence-corrected chi connectivity index (χ1v) is 5.80. The van der Waals surface area contributed by atoms with E-state index in [1.165, 1.54) is 0 Å². The number of nitrogens with two attached hydrogens (primary N) is 1. The Morgan fingerprint density at radius 2 is 2.06 bits per heavy atom. The number of nitrogens with zero attached hydrogens (tertiary/aromatic N) is 1. The van der Waals surface area contributed by atoms with E-state index in [4.69, 9.17) is 10.5 Å². The Hall–Kier alpha value is -1.22. The van der Waals surface area contributed by atoms with Gasteiger partial charge in [-0.25, -0.2) is 0 Å². The molecule has 90 valence electrons. The molecule has 0 saturated heterocycles. The molecule has 1 aromatic rings. The first-order chi connectivity index (χ1) is 7.70. The summed E-state index contributed by atoms with van der Waals surface area (Å²) < 4.78 is 5.12. The van der Waals surface area contributed by atoms with Gasteiger partial charge in [-0.1, -0.05) is 12.1 Å². The second-order valence-electron chi connectivity index (χ2n) is 3.98. The molecule has 3 nitrogen and oxygen atoms in total. The predicted octanol–water partition coefficient (Wildman–Crippen LogP) is 2.52. The maximum Gasteiger partial charge on any atom is 0.0602 e. The molecule has 0 heterocycles. The Kier molecular flexibility index (Phi) is 5.12. The van der Waals surface area contributed by atoms with E-state index in [0.717, 1.165) is 30.9 Å². The molecule has 0 radical (unpaired) electrons. The van der Waals surface area contributed by atoms with Gasteiger partial charge in [-0.05, 0) is 32.4 Å². The number of hydrogen-bond donors (Lipinski definition) is 1. The van der Waals surface area contributed by atoms with Crippen LogP contribution >= 0.6 is 0 Å². The molecule has 0 bridgehead atoms. The maximum atomic E-state index is 5.99. The smallest absolute Gasteiger partial charge is 0.0602 e. The highest BCUT2D eigenvalue weighted by Crippen LogP contribution is 2.24. The van der Waals surface area contributed by atoms with Gasteiger partial charge in [-0.3, -0.25) is 0 Å². The summed E-state index contributed by atoms with van der Waals surface area (Å²) in [6.07, 6.45) is 1.01. The number of rotatable bonds is 6. The fraction of sp³-hybridized carbons (Fsp3) is 0.538. The third-order valence-corrected chi connectivity index (χ3v) is 2.86. The van der Waals surface area contributed by atoms with Crippen molar-refractivity contribution >= 4 is 11.4 Å². The SMILES string of the molecule is CCN(c1ccccc1N)C(C)CCOC. The molecule has 1 rings (SSSR count). The minimum Gasteiger partial charge on any atom is -0.397 e. The van der Waals surface area contributed by atoms with E-state index in [2.05, 4.69) is 24.8 Å². The van der Waals surface area contributed by atoms with Gasteiger partial charge in [0.25, 0.3) is 0 Å². The number of benzene rings is 1. The molecule has 1 atom stereocenters. The van der Waals surface area contributed by atoms with Crippen molar-refractivity contribution in [2.24, 2.45) is 0 Å². The van der Waals surface area contributed by atoms with Crippen molar-refractivity contribution in [3.05, 3.63) is 24.3 Å². The molecule has 1 unspecified atom stereocenters. The summed E-state index contributed by atoms with van der Waals surface area (Å²) in [4.78, 5) is 2.31. The zero-order valence-electron chi connectivity index (χ0n) is 10.4. The van der Waals surface area contributed by atoms with Crippen LogP contribution in [0, 0.1) is 0 Å². The Morgan fingerprint density at radius 3 is 2.62 bits per heavy atom. The molecule has 2 N–H and O–H groups in total. The molecule has 0 amide bonds. The van der Waals surface area contributed by atoms with Gasteiger partial charge in [0.1, 0.15) is 0 Å². The molecular formula is C13H22N2O. The highest BCUT2D eigenvalue weighted by molar-refractivity contribution is 5.67. The minimum atomic E-state index is 0.439. The van der Waals surface area contributed by atoms with E-state index in [1.807, 2.05) is 18.2 Å². The summed E-state index contributed by atoms with van der Waals surface area (Å²) in [5.41, 5.74) is 7.95. The van der Waals surface area contributed by atoms with Crippen molar-refractivity contribution in [2.45, 2.75) is 26.3 Å². The normalized spacial score (nSPS) is 12.4. The number of para-hydroxylation sites is 2. The highest BCUT2D eigenvalue weighted by atomic mass is 16.5. The molecule has 0 spiro atoms. The van der Waals surface area contributed by atoms with Crippen LogP contribution in [-0.4, -0.2) is 26.3 Å². The van der Waals surface area contributed by atoms with E-state index in [0.29, 0.717) is 6.04 Å². The second kappa shape index (κ2) is 6.38. The van der Waals surface area contributed by atoms with Gasteiger partial charge < -0.3 is 15.4 Å². The van der Waals surface area contributed by atoms with Crippen molar-refractivity contribution in [1.82, 2.24) is 0 Å². The molecule has 0 fully saturated rings. The van der Waals surface area contributed by atoms with Crippen LogP contribution in [0.1, 0.15) is 20.3 Å². The molecule has 3 heteroatoms. The highest BCUT2D eigenvalue weighted by Gasteiger charge is 2.14. The van der Waals surface area contributed by atoms with Crippen LogP contribution in [0.2, 0.25) is 0 Å². The number of methoxy groups -OCH3 is 1. The predicted molar refractivity (Wildman–Crippen MR) is 69.8 cm³/mol. The van der Waals surface area contributed by atoms with E-state index < -0.39 is 0 Å². The zero-order valence-corrected chi connectivity index (χ0v) is 10.4. The molecule has 0 aliphatic heterocycles. The lowest BCUT2D eigenvalue weighted by molar-refractivity contribution is 0.188. The van der Waals surface area contributed by atoms with Crippen LogP contribution in [0.15, 0.2) is 24.3 Å². The molecule has 16 heavy (non-hydrogen) atoms.